The van der Waals surface area contributed by atoms with E-state index < -0.39 is 0 Å². The summed E-state index contributed by atoms with van der Waals surface area (Å²) < 4.78 is 0. The number of thioether (sulfide) groups is 1. The highest BCUT2D eigenvalue weighted by atomic mass is 35.5. The van der Waals surface area contributed by atoms with Gasteiger partial charge in [0.05, 0.1) is 0 Å². The van der Waals surface area contributed by atoms with Crippen LogP contribution in [0.25, 0.3) is 0 Å². The van der Waals surface area contributed by atoms with Crippen molar-refractivity contribution in [1.82, 2.24) is 0 Å². The summed E-state index contributed by atoms with van der Waals surface area (Å²) in [7, 11) is 0. The molecule has 0 bridgehead atoms. The summed E-state index contributed by atoms with van der Waals surface area (Å²) in [4.78, 5) is 1.37. The van der Waals surface area contributed by atoms with Gasteiger partial charge in [0.15, 0.2) is 0 Å². The van der Waals surface area contributed by atoms with E-state index in [1.807, 2.05) is 11.8 Å². The van der Waals surface area contributed by atoms with E-state index in [-0.39, 0.29) is 0 Å². The molecule has 0 radical (unpaired) electrons. The van der Waals surface area contributed by atoms with Gasteiger partial charge < -0.3 is 0 Å². The summed E-state index contributed by atoms with van der Waals surface area (Å²) in [5.74, 6) is 1.80. The zero-order valence-electron chi connectivity index (χ0n) is 10.2. The van der Waals surface area contributed by atoms with Crippen LogP contribution in [0.1, 0.15) is 33.1 Å². The molecule has 0 spiro atoms. The van der Waals surface area contributed by atoms with Crippen LogP contribution in [0, 0.1) is 5.92 Å². The van der Waals surface area contributed by atoms with Crippen molar-refractivity contribution in [2.45, 2.75) is 43.4 Å². The lowest BCUT2D eigenvalue weighted by atomic mass is 10.1. The molecule has 1 unspecified atom stereocenters. The van der Waals surface area contributed by atoms with Crippen molar-refractivity contribution in [1.29, 1.82) is 0 Å². The molecule has 0 saturated heterocycles. The summed E-state index contributed by atoms with van der Waals surface area (Å²) >= 11 is 8.14. The van der Waals surface area contributed by atoms with Crippen molar-refractivity contribution in [3.63, 3.8) is 0 Å². The Balaban J connectivity index is 2.04. The Bertz CT molecular complexity index is 271. The van der Waals surface area contributed by atoms with Crippen LogP contribution in [0.15, 0.2) is 35.2 Å². The molecule has 1 atom stereocenters. The molecule has 16 heavy (non-hydrogen) atoms. The second-order valence-electron chi connectivity index (χ2n) is 4.42. The number of benzene rings is 1. The van der Waals surface area contributed by atoms with E-state index in [9.17, 15) is 0 Å². The Labute approximate surface area is 109 Å². The lowest BCUT2D eigenvalue weighted by molar-refractivity contribution is 0.544. The summed E-state index contributed by atoms with van der Waals surface area (Å²) in [5, 5.41) is 0.349. The number of halogens is 1. The summed E-state index contributed by atoms with van der Waals surface area (Å²) in [6.45, 7) is 4.38. The lowest BCUT2D eigenvalue weighted by Gasteiger charge is -2.12. The number of unbranched alkanes of at least 4 members (excludes halogenated alkanes) is 1. The maximum absolute atomic E-state index is 6.20. The fourth-order valence-electron chi connectivity index (χ4n) is 1.48. The predicted octanol–water partition coefficient (Wildman–Crippen LogP) is 5.21. The van der Waals surface area contributed by atoms with Crippen molar-refractivity contribution in [3.8, 4) is 0 Å². The third-order valence-electron chi connectivity index (χ3n) is 2.61. The van der Waals surface area contributed by atoms with Gasteiger partial charge in [-0.2, -0.15) is 0 Å². The molecule has 0 aromatic heterocycles. The Hall–Kier alpha value is -0.140. The monoisotopic (exact) mass is 256 g/mol. The number of rotatable bonds is 7. The maximum atomic E-state index is 6.20. The summed E-state index contributed by atoms with van der Waals surface area (Å²) in [6.07, 6.45) is 3.65. The topological polar surface area (TPSA) is 0 Å². The van der Waals surface area contributed by atoms with Crippen LogP contribution in [0.5, 0.6) is 0 Å². The molecule has 0 N–H and O–H groups in total. The zero-order valence-corrected chi connectivity index (χ0v) is 11.7. The van der Waals surface area contributed by atoms with Gasteiger partial charge in [0, 0.05) is 10.3 Å². The normalized spacial score (nSPS) is 13.0. The first kappa shape index (κ1) is 13.9. The average Bonchev–Trinajstić information content (AvgIpc) is 2.29. The van der Waals surface area contributed by atoms with Crippen molar-refractivity contribution >= 4 is 23.4 Å². The summed E-state index contributed by atoms with van der Waals surface area (Å²) in [6, 6.07) is 10.6. The predicted molar refractivity (Wildman–Crippen MR) is 75.5 cm³/mol. The quantitative estimate of drug-likeness (QED) is 0.367. The molecule has 90 valence electrons. The Kier molecular flexibility index (Phi) is 6.98. The first-order valence-corrected chi connectivity index (χ1v) is 7.44. The van der Waals surface area contributed by atoms with Gasteiger partial charge in [-0.1, -0.05) is 38.5 Å². The molecular weight excluding hydrogens is 236 g/mol. The summed E-state index contributed by atoms with van der Waals surface area (Å²) in [5.41, 5.74) is 0. The highest BCUT2D eigenvalue weighted by molar-refractivity contribution is 7.99. The minimum atomic E-state index is 0.349. The van der Waals surface area contributed by atoms with Gasteiger partial charge in [-0.25, -0.2) is 0 Å². The molecular formula is C14H21ClS. The second-order valence-corrected chi connectivity index (χ2v) is 6.15. The molecule has 0 fully saturated rings. The van der Waals surface area contributed by atoms with Crippen LogP contribution in [-0.4, -0.2) is 11.1 Å². The standard InChI is InChI=1S/C14H21ClS/c1-12(2)14(15)10-6-7-11-16-13-8-4-3-5-9-13/h3-5,8-9,12,14H,6-7,10-11H2,1-2H3. The third kappa shape index (κ3) is 5.81. The zero-order chi connectivity index (χ0) is 11.8. The van der Waals surface area contributed by atoms with Crippen molar-refractivity contribution in [2.75, 3.05) is 5.75 Å². The van der Waals surface area contributed by atoms with Crippen molar-refractivity contribution in [2.24, 2.45) is 5.92 Å². The maximum Gasteiger partial charge on any atom is 0.0359 e. The van der Waals surface area contributed by atoms with Gasteiger partial charge in [0.25, 0.3) is 0 Å². The number of hydrogen-bond acceptors (Lipinski definition) is 1. The van der Waals surface area contributed by atoms with Gasteiger partial charge in [0.2, 0.25) is 0 Å². The van der Waals surface area contributed by atoms with Gasteiger partial charge in [-0.05, 0) is 36.6 Å². The van der Waals surface area contributed by atoms with E-state index in [2.05, 4.69) is 44.2 Å². The van der Waals surface area contributed by atoms with E-state index in [4.69, 9.17) is 11.6 Å². The van der Waals surface area contributed by atoms with Crippen molar-refractivity contribution in [3.05, 3.63) is 30.3 Å². The molecule has 0 saturated carbocycles. The van der Waals surface area contributed by atoms with Gasteiger partial charge in [-0.3, -0.25) is 0 Å². The molecule has 2 heteroatoms. The minimum absolute atomic E-state index is 0.349. The second kappa shape index (κ2) is 8.03. The molecule has 0 heterocycles. The fraction of sp³-hybridized carbons (Fsp3) is 0.571. The van der Waals surface area contributed by atoms with E-state index >= 15 is 0 Å². The SMILES string of the molecule is CC(C)C(Cl)CCCCSc1ccccc1. The highest BCUT2D eigenvalue weighted by Crippen LogP contribution is 2.21. The Morgan fingerprint density at radius 2 is 1.81 bits per heavy atom. The van der Waals surface area contributed by atoms with Crippen LogP contribution in [0.4, 0.5) is 0 Å². The van der Waals surface area contributed by atoms with Gasteiger partial charge in [0.1, 0.15) is 0 Å². The van der Waals surface area contributed by atoms with Gasteiger partial charge >= 0.3 is 0 Å². The number of alkyl halides is 1. The molecule has 0 nitrogen and oxygen atoms in total. The lowest BCUT2D eigenvalue weighted by Crippen LogP contribution is -2.07. The molecule has 0 amide bonds. The smallest absolute Gasteiger partial charge is 0.0359 e. The van der Waals surface area contributed by atoms with Crippen LogP contribution < -0.4 is 0 Å². The first-order chi connectivity index (χ1) is 7.70. The Morgan fingerprint density at radius 1 is 1.12 bits per heavy atom. The number of hydrogen-bond donors (Lipinski definition) is 0. The van der Waals surface area contributed by atoms with Crippen LogP contribution in [0.2, 0.25) is 0 Å². The van der Waals surface area contributed by atoms with E-state index in [1.165, 1.54) is 23.5 Å². The van der Waals surface area contributed by atoms with Crippen LogP contribution in [0.3, 0.4) is 0 Å². The van der Waals surface area contributed by atoms with Crippen LogP contribution in [-0.2, 0) is 0 Å². The molecule has 0 aliphatic heterocycles. The molecule has 1 rings (SSSR count). The van der Waals surface area contributed by atoms with Gasteiger partial charge in [-0.15, -0.1) is 23.4 Å². The van der Waals surface area contributed by atoms with E-state index in [0.29, 0.717) is 11.3 Å². The highest BCUT2D eigenvalue weighted by Gasteiger charge is 2.08. The molecule has 1 aromatic carbocycles. The van der Waals surface area contributed by atoms with E-state index in [0.717, 1.165) is 6.42 Å². The van der Waals surface area contributed by atoms with Crippen LogP contribution >= 0.6 is 23.4 Å². The Morgan fingerprint density at radius 3 is 2.44 bits per heavy atom. The largest absolute Gasteiger partial charge is 0.126 e. The fourth-order valence-corrected chi connectivity index (χ4v) is 2.57. The first-order valence-electron chi connectivity index (χ1n) is 6.02. The van der Waals surface area contributed by atoms with Crippen molar-refractivity contribution < 1.29 is 0 Å². The van der Waals surface area contributed by atoms with E-state index in [1.54, 1.807) is 0 Å². The molecule has 1 aromatic rings. The minimum Gasteiger partial charge on any atom is -0.126 e. The third-order valence-corrected chi connectivity index (χ3v) is 4.43. The average molecular weight is 257 g/mol. The molecule has 0 aliphatic rings. The molecule has 0 aliphatic carbocycles.